The van der Waals surface area contributed by atoms with Gasteiger partial charge in [0.2, 0.25) is 0 Å². The smallest absolute Gasteiger partial charge is 0.125 e. The largest absolute Gasteiger partial charge is 0.373 e. The fraction of sp³-hybridized carbons (Fsp3) is 0.571. The van der Waals surface area contributed by atoms with Crippen LogP contribution in [-0.2, 0) is 0 Å². The van der Waals surface area contributed by atoms with Crippen molar-refractivity contribution in [1.82, 2.24) is 5.32 Å². The first kappa shape index (κ1) is 12.4. The van der Waals surface area contributed by atoms with Gasteiger partial charge in [-0.15, -0.1) is 0 Å². The summed E-state index contributed by atoms with van der Waals surface area (Å²) in [5, 5.41) is 3.56. The van der Waals surface area contributed by atoms with Gasteiger partial charge < -0.3 is 10.2 Å². The lowest BCUT2D eigenvalue weighted by Gasteiger charge is -2.21. The lowest BCUT2D eigenvalue weighted by atomic mass is 10.2. The molecule has 1 aliphatic rings. The van der Waals surface area contributed by atoms with Crippen LogP contribution < -0.4 is 10.2 Å². The van der Waals surface area contributed by atoms with Crippen molar-refractivity contribution in [3.05, 3.63) is 30.1 Å². The molecule has 0 amide bonds. The van der Waals surface area contributed by atoms with Crippen molar-refractivity contribution < 1.29 is 4.39 Å². The molecule has 1 saturated carbocycles. The molecular weight excluding hydrogens is 215 g/mol. The van der Waals surface area contributed by atoms with Crippen molar-refractivity contribution in [2.75, 3.05) is 25.0 Å². The van der Waals surface area contributed by atoms with Crippen LogP contribution in [0.4, 0.5) is 10.1 Å². The van der Waals surface area contributed by atoms with Crippen molar-refractivity contribution in [3.63, 3.8) is 0 Å². The van der Waals surface area contributed by atoms with Crippen LogP contribution in [-0.4, -0.2) is 26.2 Å². The Hall–Kier alpha value is -1.09. The van der Waals surface area contributed by atoms with Gasteiger partial charge in [-0.25, -0.2) is 4.39 Å². The van der Waals surface area contributed by atoms with Crippen molar-refractivity contribution in [3.8, 4) is 0 Å². The van der Waals surface area contributed by atoms with Crippen LogP contribution in [0.1, 0.15) is 25.7 Å². The molecule has 0 aliphatic heterocycles. The third kappa shape index (κ3) is 3.70. The predicted octanol–water partition coefficient (Wildman–Crippen LogP) is 2.79. The predicted molar refractivity (Wildman–Crippen MR) is 69.9 cm³/mol. The maximum Gasteiger partial charge on any atom is 0.125 e. The van der Waals surface area contributed by atoms with Crippen molar-refractivity contribution >= 4 is 5.69 Å². The Balaban J connectivity index is 1.74. The van der Waals surface area contributed by atoms with E-state index in [-0.39, 0.29) is 5.82 Å². The molecule has 0 heterocycles. The highest BCUT2D eigenvalue weighted by Crippen LogP contribution is 2.17. The minimum Gasteiger partial charge on any atom is -0.373 e. The number of benzene rings is 1. The summed E-state index contributed by atoms with van der Waals surface area (Å²) in [4.78, 5) is 2.09. The van der Waals surface area contributed by atoms with Gasteiger partial charge >= 0.3 is 0 Å². The molecule has 1 fully saturated rings. The van der Waals surface area contributed by atoms with E-state index in [2.05, 4.69) is 10.2 Å². The first-order chi connectivity index (χ1) is 8.25. The maximum atomic E-state index is 13.1. The van der Waals surface area contributed by atoms with Gasteiger partial charge in [0, 0.05) is 31.9 Å². The average molecular weight is 236 g/mol. The molecule has 17 heavy (non-hydrogen) atoms. The minimum absolute atomic E-state index is 0.168. The number of nitrogens with zero attached hydrogens (tertiary/aromatic N) is 1. The van der Waals surface area contributed by atoms with E-state index in [0.717, 1.165) is 18.8 Å². The Morgan fingerprint density at radius 3 is 2.82 bits per heavy atom. The summed E-state index contributed by atoms with van der Waals surface area (Å²) < 4.78 is 13.1. The van der Waals surface area contributed by atoms with E-state index in [1.807, 2.05) is 13.1 Å². The normalized spacial score (nSPS) is 16.4. The van der Waals surface area contributed by atoms with E-state index < -0.39 is 0 Å². The molecular formula is C14H21FN2. The van der Waals surface area contributed by atoms with Gasteiger partial charge in [-0.05, 0) is 31.0 Å². The third-order valence-electron chi connectivity index (χ3n) is 3.48. The Bertz CT molecular complexity index is 348. The van der Waals surface area contributed by atoms with Crippen LogP contribution in [0.15, 0.2) is 24.3 Å². The van der Waals surface area contributed by atoms with E-state index in [1.165, 1.54) is 31.7 Å². The molecule has 0 bridgehead atoms. The monoisotopic (exact) mass is 236 g/mol. The minimum atomic E-state index is -0.168. The zero-order valence-electron chi connectivity index (χ0n) is 10.5. The Labute approximate surface area is 103 Å². The quantitative estimate of drug-likeness (QED) is 0.845. The highest BCUT2D eigenvalue weighted by Gasteiger charge is 2.13. The van der Waals surface area contributed by atoms with Gasteiger partial charge in [-0.3, -0.25) is 0 Å². The second-order valence-corrected chi connectivity index (χ2v) is 4.84. The third-order valence-corrected chi connectivity index (χ3v) is 3.48. The summed E-state index contributed by atoms with van der Waals surface area (Å²) in [6.07, 6.45) is 5.34. The Kier molecular flexibility index (Phi) is 4.37. The summed E-state index contributed by atoms with van der Waals surface area (Å²) in [7, 11) is 2.01. The first-order valence-electron chi connectivity index (χ1n) is 6.46. The van der Waals surface area contributed by atoms with Gasteiger partial charge in [-0.2, -0.15) is 0 Å². The number of halogens is 1. The van der Waals surface area contributed by atoms with Gasteiger partial charge in [0.15, 0.2) is 0 Å². The maximum absolute atomic E-state index is 13.1. The summed E-state index contributed by atoms with van der Waals surface area (Å²) in [6, 6.07) is 7.46. The van der Waals surface area contributed by atoms with E-state index >= 15 is 0 Å². The lowest BCUT2D eigenvalue weighted by Crippen LogP contribution is -2.34. The molecule has 94 valence electrons. The summed E-state index contributed by atoms with van der Waals surface area (Å²) in [5.74, 6) is -0.168. The second kappa shape index (κ2) is 6.01. The molecule has 1 aliphatic carbocycles. The van der Waals surface area contributed by atoms with E-state index in [0.29, 0.717) is 6.04 Å². The zero-order valence-corrected chi connectivity index (χ0v) is 10.5. The van der Waals surface area contributed by atoms with Gasteiger partial charge in [0.25, 0.3) is 0 Å². The number of rotatable bonds is 5. The summed E-state index contributed by atoms with van der Waals surface area (Å²) in [5.41, 5.74) is 0.943. The molecule has 3 heteroatoms. The standard InChI is InChI=1S/C14H21FN2/c1-17(14-8-4-5-12(15)11-14)10-9-16-13-6-2-3-7-13/h4-5,8,11,13,16H,2-3,6-7,9-10H2,1H3. The molecule has 1 aromatic rings. The van der Waals surface area contributed by atoms with Crippen LogP contribution in [0, 0.1) is 5.82 Å². The number of hydrogen-bond donors (Lipinski definition) is 1. The molecule has 0 unspecified atom stereocenters. The average Bonchev–Trinajstić information content (AvgIpc) is 2.82. The molecule has 1 aromatic carbocycles. The van der Waals surface area contributed by atoms with Crippen molar-refractivity contribution in [1.29, 1.82) is 0 Å². The first-order valence-corrected chi connectivity index (χ1v) is 6.46. The summed E-state index contributed by atoms with van der Waals surface area (Å²) in [6.45, 7) is 1.89. The van der Waals surface area contributed by atoms with Crippen molar-refractivity contribution in [2.45, 2.75) is 31.7 Å². The topological polar surface area (TPSA) is 15.3 Å². The fourth-order valence-corrected chi connectivity index (χ4v) is 2.41. The highest BCUT2D eigenvalue weighted by molar-refractivity contribution is 5.45. The van der Waals surface area contributed by atoms with Gasteiger partial charge in [0.05, 0.1) is 0 Å². The van der Waals surface area contributed by atoms with Crippen LogP contribution in [0.5, 0.6) is 0 Å². The second-order valence-electron chi connectivity index (χ2n) is 4.84. The van der Waals surface area contributed by atoms with E-state index in [4.69, 9.17) is 0 Å². The van der Waals surface area contributed by atoms with E-state index in [1.54, 1.807) is 12.1 Å². The Morgan fingerprint density at radius 1 is 1.35 bits per heavy atom. The van der Waals surface area contributed by atoms with Crippen LogP contribution in [0.2, 0.25) is 0 Å². The summed E-state index contributed by atoms with van der Waals surface area (Å²) >= 11 is 0. The molecule has 2 nitrogen and oxygen atoms in total. The SMILES string of the molecule is CN(CCNC1CCCC1)c1cccc(F)c1. The number of hydrogen-bond acceptors (Lipinski definition) is 2. The number of likely N-dealkylation sites (N-methyl/N-ethyl adjacent to an activating group) is 1. The van der Waals surface area contributed by atoms with Crippen molar-refractivity contribution in [2.24, 2.45) is 0 Å². The molecule has 0 atom stereocenters. The molecule has 1 N–H and O–H groups in total. The number of nitrogens with one attached hydrogen (secondary N) is 1. The van der Waals surface area contributed by atoms with E-state index in [9.17, 15) is 4.39 Å². The molecule has 0 spiro atoms. The van der Waals surface area contributed by atoms with Gasteiger partial charge in [0.1, 0.15) is 5.82 Å². The van der Waals surface area contributed by atoms with Crippen LogP contribution in [0.25, 0.3) is 0 Å². The van der Waals surface area contributed by atoms with Crippen LogP contribution >= 0.6 is 0 Å². The highest BCUT2D eigenvalue weighted by atomic mass is 19.1. The number of anilines is 1. The molecule has 0 saturated heterocycles. The zero-order chi connectivity index (χ0) is 12.1. The molecule has 2 rings (SSSR count). The molecule has 0 aromatic heterocycles. The Morgan fingerprint density at radius 2 is 2.12 bits per heavy atom. The lowest BCUT2D eigenvalue weighted by molar-refractivity contribution is 0.528. The fourth-order valence-electron chi connectivity index (χ4n) is 2.41. The molecule has 0 radical (unpaired) electrons. The van der Waals surface area contributed by atoms with Crippen LogP contribution in [0.3, 0.4) is 0 Å². The van der Waals surface area contributed by atoms with Gasteiger partial charge in [-0.1, -0.05) is 18.9 Å².